The highest BCUT2D eigenvalue weighted by atomic mass is 16.7. The summed E-state index contributed by atoms with van der Waals surface area (Å²) in [6.45, 7) is 6.37. The molecule has 0 aliphatic carbocycles. The Labute approximate surface area is 177 Å². The molecule has 1 saturated heterocycles. The van der Waals surface area contributed by atoms with Crippen molar-refractivity contribution < 1.29 is 14.3 Å². The molecule has 1 aromatic rings. The molecule has 4 heteroatoms. The van der Waals surface area contributed by atoms with Crippen molar-refractivity contribution in [2.24, 2.45) is 0 Å². The number of benzene rings is 1. The van der Waals surface area contributed by atoms with Gasteiger partial charge in [0.1, 0.15) is 0 Å². The van der Waals surface area contributed by atoms with Crippen LogP contribution in [0.15, 0.2) is 18.2 Å². The van der Waals surface area contributed by atoms with Crippen LogP contribution in [0.3, 0.4) is 0 Å². The summed E-state index contributed by atoms with van der Waals surface area (Å²) in [6, 6.07) is 6.44. The highest BCUT2D eigenvalue weighted by Gasteiger charge is 2.54. The van der Waals surface area contributed by atoms with Crippen LogP contribution in [0.5, 0.6) is 0 Å². The average molecular weight is 402 g/mol. The molecule has 0 aromatic heterocycles. The third kappa shape index (κ3) is 5.21. The smallest absolute Gasteiger partial charge is 0.292 e. The highest BCUT2D eigenvalue weighted by Crippen LogP contribution is 2.45. The lowest BCUT2D eigenvalue weighted by atomic mass is 10.00. The van der Waals surface area contributed by atoms with Gasteiger partial charge in [-0.1, -0.05) is 71.3 Å². The number of hydrogen-bond donors (Lipinski definition) is 0. The molecule has 0 bridgehead atoms. The number of nitrogens with zero attached hydrogens (tertiary/aromatic N) is 1. The topological polar surface area (TPSA) is 38.8 Å². The second-order valence-electron chi connectivity index (χ2n) is 8.55. The zero-order valence-corrected chi connectivity index (χ0v) is 18.5. The lowest BCUT2D eigenvalue weighted by Gasteiger charge is -2.32. The second-order valence-corrected chi connectivity index (χ2v) is 8.55. The molecule has 1 fully saturated rings. The minimum Gasteiger partial charge on any atom is -0.338 e. The number of carbonyl (C=O) groups excluding carboxylic acids is 1. The number of anilines is 1. The normalized spacial score (nSPS) is 17.9. The van der Waals surface area contributed by atoms with E-state index in [4.69, 9.17) is 9.47 Å². The third-order valence-corrected chi connectivity index (χ3v) is 6.19. The molecule has 1 spiro atoms. The molecule has 1 aromatic carbocycles. The summed E-state index contributed by atoms with van der Waals surface area (Å²) in [5, 5.41) is 0. The van der Waals surface area contributed by atoms with Crippen molar-refractivity contribution in [1.29, 1.82) is 0 Å². The molecule has 162 valence electrons. The van der Waals surface area contributed by atoms with Crippen molar-refractivity contribution in [3.63, 3.8) is 0 Å². The summed E-state index contributed by atoms with van der Waals surface area (Å²) in [5.74, 6) is -1.22. The number of rotatable bonds is 12. The first-order valence-corrected chi connectivity index (χ1v) is 12.0. The van der Waals surface area contributed by atoms with E-state index >= 15 is 0 Å². The first-order chi connectivity index (χ1) is 14.2. The largest absolute Gasteiger partial charge is 0.338 e. The molecule has 3 rings (SSSR count). The molecule has 1 amide bonds. The Kier molecular flexibility index (Phi) is 8.55. The number of fused-ring (bicyclic) bond motifs is 2. The minimum atomic E-state index is -1.20. The van der Waals surface area contributed by atoms with Crippen molar-refractivity contribution in [3.8, 4) is 0 Å². The van der Waals surface area contributed by atoms with Crippen LogP contribution < -0.4 is 4.90 Å². The summed E-state index contributed by atoms with van der Waals surface area (Å²) >= 11 is 0. The van der Waals surface area contributed by atoms with Gasteiger partial charge in [-0.2, -0.15) is 0 Å². The summed E-state index contributed by atoms with van der Waals surface area (Å²) in [4.78, 5) is 15.3. The van der Waals surface area contributed by atoms with Crippen LogP contribution >= 0.6 is 0 Å². The fourth-order valence-electron chi connectivity index (χ4n) is 4.46. The maximum atomic E-state index is 13.4. The zero-order valence-electron chi connectivity index (χ0n) is 18.5. The van der Waals surface area contributed by atoms with E-state index in [9.17, 15) is 4.79 Å². The number of carbonyl (C=O) groups is 1. The first kappa shape index (κ1) is 22.3. The van der Waals surface area contributed by atoms with Gasteiger partial charge in [-0.25, -0.2) is 0 Å². The molecule has 2 heterocycles. The van der Waals surface area contributed by atoms with Gasteiger partial charge in [-0.3, -0.25) is 4.79 Å². The van der Waals surface area contributed by atoms with Crippen molar-refractivity contribution in [3.05, 3.63) is 29.3 Å². The first-order valence-electron chi connectivity index (χ1n) is 12.0. The Morgan fingerprint density at radius 3 is 2.24 bits per heavy atom. The molecule has 0 radical (unpaired) electrons. The highest BCUT2D eigenvalue weighted by molar-refractivity contribution is 6.06. The SMILES string of the molecule is CCCCCCCCCCN1C(=O)C2(OCCCO2)c2cc(CCCC)ccc21. The van der Waals surface area contributed by atoms with Crippen LogP contribution in [0.4, 0.5) is 5.69 Å². The maximum absolute atomic E-state index is 13.4. The van der Waals surface area contributed by atoms with E-state index in [1.54, 1.807) is 0 Å². The van der Waals surface area contributed by atoms with E-state index in [1.807, 2.05) is 4.90 Å². The van der Waals surface area contributed by atoms with Gasteiger partial charge < -0.3 is 14.4 Å². The molecule has 29 heavy (non-hydrogen) atoms. The molecule has 2 aliphatic rings. The van der Waals surface area contributed by atoms with Gasteiger partial charge >= 0.3 is 0 Å². The fourth-order valence-corrected chi connectivity index (χ4v) is 4.46. The van der Waals surface area contributed by atoms with Gasteiger partial charge in [0, 0.05) is 12.1 Å². The zero-order chi connectivity index (χ0) is 20.5. The Morgan fingerprint density at radius 2 is 1.55 bits per heavy atom. The van der Waals surface area contributed by atoms with E-state index in [2.05, 4.69) is 32.0 Å². The summed E-state index contributed by atoms with van der Waals surface area (Å²) < 4.78 is 12.0. The van der Waals surface area contributed by atoms with Gasteiger partial charge in [-0.15, -0.1) is 0 Å². The predicted octanol–water partition coefficient (Wildman–Crippen LogP) is 6.11. The molecule has 0 unspecified atom stereocenters. The molecular weight excluding hydrogens is 362 g/mol. The number of aryl methyl sites for hydroxylation is 1. The lowest BCUT2D eigenvalue weighted by Crippen LogP contribution is -2.47. The van der Waals surface area contributed by atoms with Crippen molar-refractivity contribution >= 4 is 11.6 Å². The van der Waals surface area contributed by atoms with Crippen LogP contribution in [-0.2, 0) is 26.5 Å². The predicted molar refractivity (Wildman–Crippen MR) is 118 cm³/mol. The lowest BCUT2D eigenvalue weighted by molar-refractivity contribution is -0.256. The van der Waals surface area contributed by atoms with Gasteiger partial charge in [0.05, 0.1) is 18.9 Å². The number of amides is 1. The van der Waals surface area contributed by atoms with Gasteiger partial charge in [-0.05, 0) is 43.4 Å². The number of ether oxygens (including phenoxy) is 2. The average Bonchev–Trinajstić information content (AvgIpc) is 2.97. The Balaban J connectivity index is 1.64. The van der Waals surface area contributed by atoms with Crippen molar-refractivity contribution in [1.82, 2.24) is 0 Å². The van der Waals surface area contributed by atoms with Crippen LogP contribution in [0.2, 0.25) is 0 Å². The monoisotopic (exact) mass is 401 g/mol. The second kappa shape index (κ2) is 11.1. The Morgan fingerprint density at radius 1 is 0.897 bits per heavy atom. The summed E-state index contributed by atoms with van der Waals surface area (Å²) in [6.07, 6.45) is 14.3. The van der Waals surface area contributed by atoms with E-state index in [0.717, 1.165) is 43.5 Å². The summed E-state index contributed by atoms with van der Waals surface area (Å²) in [5.41, 5.74) is 3.18. The summed E-state index contributed by atoms with van der Waals surface area (Å²) in [7, 11) is 0. The van der Waals surface area contributed by atoms with E-state index in [0.29, 0.717) is 13.2 Å². The number of unbranched alkanes of at least 4 members (excludes halogenated alkanes) is 8. The van der Waals surface area contributed by atoms with Crippen molar-refractivity contribution in [2.45, 2.75) is 96.7 Å². The van der Waals surface area contributed by atoms with Crippen LogP contribution in [0.25, 0.3) is 0 Å². The molecule has 0 saturated carbocycles. The van der Waals surface area contributed by atoms with E-state index in [1.165, 1.54) is 56.9 Å². The quantitative estimate of drug-likeness (QED) is 0.397. The molecule has 0 N–H and O–H groups in total. The Bertz CT molecular complexity index is 651. The Hall–Kier alpha value is -1.39. The molecular formula is C25H39NO3. The standard InChI is InChI=1S/C25H39NO3/c1-3-5-7-8-9-10-11-12-17-26-23-16-15-21(14-6-4-2)20-22(23)25(24(26)27)28-18-13-19-29-25/h15-16,20H,3-14,17-19H2,1-2H3. The van der Waals surface area contributed by atoms with Gasteiger partial charge in [0.2, 0.25) is 0 Å². The third-order valence-electron chi connectivity index (χ3n) is 6.19. The van der Waals surface area contributed by atoms with E-state index < -0.39 is 5.79 Å². The van der Waals surface area contributed by atoms with Gasteiger partial charge in [0.25, 0.3) is 11.7 Å². The fraction of sp³-hybridized carbons (Fsp3) is 0.720. The number of hydrogen-bond acceptors (Lipinski definition) is 3. The van der Waals surface area contributed by atoms with E-state index in [-0.39, 0.29) is 5.91 Å². The minimum absolute atomic E-state index is 0.0252. The molecule has 2 aliphatic heterocycles. The van der Waals surface area contributed by atoms with Crippen LogP contribution in [-0.4, -0.2) is 25.7 Å². The molecule has 4 nitrogen and oxygen atoms in total. The molecule has 0 atom stereocenters. The van der Waals surface area contributed by atoms with Crippen LogP contribution in [0, 0.1) is 0 Å². The maximum Gasteiger partial charge on any atom is 0.292 e. The van der Waals surface area contributed by atoms with Gasteiger partial charge in [0.15, 0.2) is 0 Å². The van der Waals surface area contributed by atoms with Crippen LogP contribution in [0.1, 0.15) is 95.6 Å². The van der Waals surface area contributed by atoms with Crippen molar-refractivity contribution in [2.75, 3.05) is 24.7 Å².